The van der Waals surface area contributed by atoms with Gasteiger partial charge in [0.05, 0.1) is 0 Å². The fourth-order valence-electron chi connectivity index (χ4n) is 2.02. The summed E-state index contributed by atoms with van der Waals surface area (Å²) in [5, 5.41) is 7.35. The second-order valence-corrected chi connectivity index (χ2v) is 5.17. The van der Waals surface area contributed by atoms with Crippen molar-refractivity contribution in [3.05, 3.63) is 18.5 Å². The molecule has 0 aliphatic carbocycles. The molecule has 0 aromatic carbocycles. The van der Waals surface area contributed by atoms with E-state index in [2.05, 4.69) is 51.0 Å². The summed E-state index contributed by atoms with van der Waals surface area (Å²) in [6.07, 6.45) is 3.54. The van der Waals surface area contributed by atoms with Crippen LogP contribution in [0.5, 0.6) is 0 Å². The van der Waals surface area contributed by atoms with Crippen molar-refractivity contribution in [2.75, 3.05) is 29.9 Å². The van der Waals surface area contributed by atoms with E-state index < -0.39 is 0 Å². The molecule has 0 radical (unpaired) electrons. The third-order valence-corrected chi connectivity index (χ3v) is 2.91. The van der Waals surface area contributed by atoms with Gasteiger partial charge in [-0.2, -0.15) is 20.1 Å². The van der Waals surface area contributed by atoms with E-state index in [0.717, 1.165) is 19.6 Å². The van der Waals surface area contributed by atoms with Crippen molar-refractivity contribution in [3.8, 4) is 5.95 Å². The van der Waals surface area contributed by atoms with Gasteiger partial charge >= 0.3 is 0 Å². The van der Waals surface area contributed by atoms with Crippen molar-refractivity contribution in [1.29, 1.82) is 0 Å². The highest BCUT2D eigenvalue weighted by molar-refractivity contribution is 5.39. The number of hydrogen-bond donors (Lipinski definition) is 1. The molecule has 0 aliphatic rings. The second-order valence-electron chi connectivity index (χ2n) is 5.17. The number of nitrogens with one attached hydrogen (secondary N) is 1. The van der Waals surface area contributed by atoms with Crippen LogP contribution in [-0.2, 0) is 0 Å². The highest BCUT2D eigenvalue weighted by atomic mass is 15.4. The zero-order valence-electron chi connectivity index (χ0n) is 13.1. The Morgan fingerprint density at radius 3 is 2.62 bits per heavy atom. The van der Waals surface area contributed by atoms with Gasteiger partial charge in [-0.25, -0.2) is 4.68 Å². The summed E-state index contributed by atoms with van der Waals surface area (Å²) in [5.74, 6) is 2.33. The first-order valence-electron chi connectivity index (χ1n) is 7.39. The molecule has 1 N–H and O–H groups in total. The Labute approximate surface area is 125 Å². The van der Waals surface area contributed by atoms with E-state index in [1.165, 1.54) is 0 Å². The molecular formula is C14H23N7. The number of anilines is 2. The molecule has 2 aromatic heterocycles. The minimum absolute atomic E-state index is 0.531. The summed E-state index contributed by atoms with van der Waals surface area (Å²) in [6, 6.07) is 1.85. The summed E-state index contributed by atoms with van der Waals surface area (Å²) in [4.78, 5) is 15.6. The predicted molar refractivity (Wildman–Crippen MR) is 83.8 cm³/mol. The van der Waals surface area contributed by atoms with Gasteiger partial charge in [0.1, 0.15) is 0 Å². The van der Waals surface area contributed by atoms with Gasteiger partial charge in [0.2, 0.25) is 11.9 Å². The van der Waals surface area contributed by atoms with Crippen LogP contribution < -0.4 is 10.2 Å². The van der Waals surface area contributed by atoms with E-state index in [0.29, 0.717) is 23.8 Å². The number of hydrogen-bond acceptors (Lipinski definition) is 6. The number of aromatic nitrogens is 5. The quantitative estimate of drug-likeness (QED) is 0.840. The Morgan fingerprint density at radius 2 is 2.05 bits per heavy atom. The SMILES string of the molecule is CCNc1nc(N(CC)CC(C)C)nc(-n2cccn2)n1. The normalized spacial score (nSPS) is 10.9. The van der Waals surface area contributed by atoms with Crippen LogP contribution in [0.3, 0.4) is 0 Å². The van der Waals surface area contributed by atoms with E-state index in [9.17, 15) is 0 Å². The molecule has 0 saturated heterocycles. The zero-order chi connectivity index (χ0) is 15.2. The highest BCUT2D eigenvalue weighted by Gasteiger charge is 2.14. The molecule has 0 amide bonds. The van der Waals surface area contributed by atoms with E-state index >= 15 is 0 Å². The van der Waals surface area contributed by atoms with Crippen LogP contribution in [-0.4, -0.2) is 44.4 Å². The number of rotatable bonds is 7. The van der Waals surface area contributed by atoms with Gasteiger partial charge in [-0.3, -0.25) is 0 Å². The molecular weight excluding hydrogens is 266 g/mol. The molecule has 114 valence electrons. The molecule has 0 spiro atoms. The van der Waals surface area contributed by atoms with E-state index in [-0.39, 0.29) is 0 Å². The monoisotopic (exact) mass is 289 g/mol. The van der Waals surface area contributed by atoms with Gasteiger partial charge in [-0.05, 0) is 25.8 Å². The summed E-state index contributed by atoms with van der Waals surface area (Å²) < 4.78 is 1.65. The zero-order valence-corrected chi connectivity index (χ0v) is 13.1. The van der Waals surface area contributed by atoms with Crippen LogP contribution in [0.15, 0.2) is 18.5 Å². The fourth-order valence-corrected chi connectivity index (χ4v) is 2.02. The average molecular weight is 289 g/mol. The Bertz CT molecular complexity index is 550. The molecule has 2 heterocycles. The van der Waals surface area contributed by atoms with Crippen LogP contribution >= 0.6 is 0 Å². The Balaban J connectivity index is 2.39. The molecule has 0 aliphatic heterocycles. The van der Waals surface area contributed by atoms with Gasteiger partial charge in [0.25, 0.3) is 5.95 Å². The molecule has 0 fully saturated rings. The highest BCUT2D eigenvalue weighted by Crippen LogP contribution is 2.14. The molecule has 21 heavy (non-hydrogen) atoms. The topological polar surface area (TPSA) is 71.8 Å². The van der Waals surface area contributed by atoms with E-state index in [1.807, 2.05) is 19.2 Å². The van der Waals surface area contributed by atoms with Crippen molar-refractivity contribution in [2.24, 2.45) is 5.92 Å². The lowest BCUT2D eigenvalue weighted by atomic mass is 10.2. The van der Waals surface area contributed by atoms with Gasteiger partial charge in [0.15, 0.2) is 0 Å². The van der Waals surface area contributed by atoms with Crippen molar-refractivity contribution in [2.45, 2.75) is 27.7 Å². The number of nitrogens with zero attached hydrogens (tertiary/aromatic N) is 6. The van der Waals surface area contributed by atoms with E-state index in [4.69, 9.17) is 0 Å². The molecule has 2 rings (SSSR count). The maximum atomic E-state index is 4.55. The van der Waals surface area contributed by atoms with Gasteiger partial charge in [0, 0.05) is 32.0 Å². The maximum absolute atomic E-state index is 4.55. The van der Waals surface area contributed by atoms with Crippen molar-refractivity contribution in [3.63, 3.8) is 0 Å². The second kappa shape index (κ2) is 7.01. The Hall–Kier alpha value is -2.18. The summed E-state index contributed by atoms with van der Waals surface area (Å²) in [5.41, 5.74) is 0. The van der Waals surface area contributed by atoms with Crippen LogP contribution in [0.4, 0.5) is 11.9 Å². The largest absolute Gasteiger partial charge is 0.354 e. The molecule has 0 saturated carbocycles. The molecule has 7 heteroatoms. The fraction of sp³-hybridized carbons (Fsp3) is 0.571. The first kappa shape index (κ1) is 15.2. The average Bonchev–Trinajstić information content (AvgIpc) is 2.98. The van der Waals surface area contributed by atoms with Gasteiger partial charge in [-0.15, -0.1) is 0 Å². The predicted octanol–water partition coefficient (Wildman–Crippen LogP) is 1.97. The van der Waals surface area contributed by atoms with Gasteiger partial charge in [-0.1, -0.05) is 13.8 Å². The summed E-state index contributed by atoms with van der Waals surface area (Å²) in [6.45, 7) is 11.0. The first-order chi connectivity index (χ1) is 10.1. The summed E-state index contributed by atoms with van der Waals surface area (Å²) in [7, 11) is 0. The lowest BCUT2D eigenvalue weighted by Gasteiger charge is -2.23. The van der Waals surface area contributed by atoms with Crippen LogP contribution in [0.25, 0.3) is 5.95 Å². The first-order valence-corrected chi connectivity index (χ1v) is 7.39. The molecule has 0 atom stereocenters. The Morgan fingerprint density at radius 1 is 1.24 bits per heavy atom. The van der Waals surface area contributed by atoms with Crippen LogP contribution in [0.1, 0.15) is 27.7 Å². The minimum atomic E-state index is 0.531. The molecule has 7 nitrogen and oxygen atoms in total. The summed E-state index contributed by atoms with van der Waals surface area (Å²) >= 11 is 0. The Kier molecular flexibility index (Phi) is 5.08. The van der Waals surface area contributed by atoms with Crippen LogP contribution in [0.2, 0.25) is 0 Å². The lowest BCUT2D eigenvalue weighted by molar-refractivity contribution is 0.606. The lowest BCUT2D eigenvalue weighted by Crippen LogP contribution is -2.30. The van der Waals surface area contributed by atoms with Crippen molar-refractivity contribution in [1.82, 2.24) is 24.7 Å². The smallest absolute Gasteiger partial charge is 0.257 e. The van der Waals surface area contributed by atoms with Crippen LogP contribution in [0, 0.1) is 5.92 Å². The third-order valence-electron chi connectivity index (χ3n) is 2.91. The van der Waals surface area contributed by atoms with E-state index in [1.54, 1.807) is 10.9 Å². The maximum Gasteiger partial charge on any atom is 0.257 e. The minimum Gasteiger partial charge on any atom is -0.354 e. The van der Waals surface area contributed by atoms with Crippen molar-refractivity contribution >= 4 is 11.9 Å². The third kappa shape index (κ3) is 3.90. The molecule has 2 aromatic rings. The van der Waals surface area contributed by atoms with Crippen molar-refractivity contribution < 1.29 is 0 Å². The molecule has 0 bridgehead atoms. The van der Waals surface area contributed by atoms with Gasteiger partial charge < -0.3 is 10.2 Å². The molecule has 0 unspecified atom stereocenters. The standard InChI is InChI=1S/C14H23N7/c1-5-15-12-17-13(20(6-2)10-11(3)4)19-14(18-12)21-9-7-8-16-21/h7-9,11H,5-6,10H2,1-4H3,(H,15,17,18,19).